The lowest BCUT2D eigenvalue weighted by atomic mass is 9.85. The Labute approximate surface area is 251 Å². The lowest BCUT2D eigenvalue weighted by Crippen LogP contribution is -2.89. The van der Waals surface area contributed by atoms with Crippen molar-refractivity contribution in [2.24, 2.45) is 10.8 Å². The lowest BCUT2D eigenvalue weighted by molar-refractivity contribution is -0.657. The zero-order chi connectivity index (χ0) is 32.3. The molecule has 4 atom stereocenters. The van der Waals surface area contributed by atoms with E-state index in [1.54, 1.807) is 7.05 Å². The number of Topliss-reactive ketones (excluding diaryl/α,β-unsaturated/α-hetero) is 1. The van der Waals surface area contributed by atoms with Crippen LogP contribution in [-0.2, 0) is 34.7 Å². The number of hydrogen-bond acceptors (Lipinski definition) is 6. The van der Waals surface area contributed by atoms with Crippen LogP contribution in [0, 0.1) is 10.8 Å². The molecule has 240 valence electrons. The molecular weight excluding hydrogens is 566 g/mol. The van der Waals surface area contributed by atoms with Gasteiger partial charge < -0.3 is 31.5 Å². The fourth-order valence-corrected chi connectivity index (χ4v) is 4.64. The van der Waals surface area contributed by atoms with Gasteiger partial charge in [0.1, 0.15) is 12.1 Å². The monoisotopic (exact) mass is 617 g/mol. The van der Waals surface area contributed by atoms with Gasteiger partial charge in [0.25, 0.3) is 17.2 Å². The van der Waals surface area contributed by atoms with Crippen molar-refractivity contribution in [1.29, 1.82) is 0 Å². The number of urea groups is 1. The first-order chi connectivity index (χ1) is 19.4. The van der Waals surface area contributed by atoms with E-state index in [1.165, 1.54) is 15.3 Å². The molecule has 1 fully saturated rings. The highest BCUT2D eigenvalue weighted by Gasteiger charge is 2.42. The standard InChI is InChI=1S/C27H49N7O7S/c1-9-12-29-23(37)19(35)16-30-22(36)18-11-10-14-34(18)24(38)21(27(5,6)7)32-25(39)31-20(26(2,3)4)17-28-13-15-33(8)42(40)41/h9,18,20-21,28H,1,10-17H2,2-8H3,(H,29,37)(H,30,36)(H,40,41)(H2,31,32,39)/p+2/t18-,20+,21+/m0/s1. The van der Waals surface area contributed by atoms with Crippen LogP contribution in [0.4, 0.5) is 4.79 Å². The van der Waals surface area contributed by atoms with Crippen LogP contribution in [0.3, 0.4) is 0 Å². The van der Waals surface area contributed by atoms with Crippen molar-refractivity contribution in [1.82, 2.24) is 30.5 Å². The van der Waals surface area contributed by atoms with Gasteiger partial charge in [-0.3, -0.25) is 19.2 Å². The SMILES string of the molecule is C=CCNC(=O)C(=O)CNC(=O)[C@@H]1CCCN1C(=O)[C@@H](NC(=O)N[C@H](C[NH2+]CCN(C)[SH+](=O)O)C(C)(C)C)C(C)(C)C. The molecule has 1 aliphatic heterocycles. The topological polar surface area (TPSA) is 194 Å². The van der Waals surface area contributed by atoms with Gasteiger partial charge >= 0.3 is 6.03 Å². The molecule has 14 nitrogen and oxygen atoms in total. The van der Waals surface area contributed by atoms with Crippen molar-refractivity contribution in [2.45, 2.75) is 72.5 Å². The predicted molar refractivity (Wildman–Crippen MR) is 160 cm³/mol. The molecule has 15 heteroatoms. The Morgan fingerprint density at radius 3 is 2.29 bits per heavy atom. The van der Waals surface area contributed by atoms with Crippen molar-refractivity contribution in [3.05, 3.63) is 12.7 Å². The Bertz CT molecular complexity index is 1010. The van der Waals surface area contributed by atoms with E-state index in [0.29, 0.717) is 39.0 Å². The maximum atomic E-state index is 13.7. The van der Waals surface area contributed by atoms with E-state index in [2.05, 4.69) is 27.8 Å². The summed E-state index contributed by atoms with van der Waals surface area (Å²) in [4.78, 5) is 65.1. The van der Waals surface area contributed by atoms with E-state index in [4.69, 9.17) is 4.55 Å². The number of amides is 5. The number of likely N-dealkylation sites (tertiary alicyclic amines) is 1. The maximum absolute atomic E-state index is 13.7. The minimum atomic E-state index is -2.39. The highest BCUT2D eigenvalue weighted by Crippen LogP contribution is 2.26. The van der Waals surface area contributed by atoms with Gasteiger partial charge in [-0.05, 0) is 27.9 Å². The Hall–Kier alpha value is -2.88. The number of hydrogen-bond donors (Lipinski definition) is 6. The van der Waals surface area contributed by atoms with Crippen molar-refractivity contribution in [3.8, 4) is 0 Å². The van der Waals surface area contributed by atoms with E-state index in [-0.39, 0.29) is 18.0 Å². The molecule has 1 rings (SSSR count). The van der Waals surface area contributed by atoms with Crippen molar-refractivity contribution >= 4 is 40.8 Å². The molecule has 5 amide bonds. The number of ketones is 1. The molecule has 1 heterocycles. The summed E-state index contributed by atoms with van der Waals surface area (Å²) in [6.07, 6.45) is 2.39. The van der Waals surface area contributed by atoms with Crippen LogP contribution in [0.25, 0.3) is 0 Å². The van der Waals surface area contributed by atoms with Crippen LogP contribution in [0.1, 0.15) is 54.4 Å². The second-order valence-electron chi connectivity index (χ2n) is 12.6. The maximum Gasteiger partial charge on any atom is 0.315 e. The minimum Gasteiger partial charge on any atom is -0.347 e. The quantitative estimate of drug-likeness (QED) is 0.0431. The van der Waals surface area contributed by atoms with Gasteiger partial charge in [0, 0.05) is 20.1 Å². The Morgan fingerprint density at radius 2 is 1.74 bits per heavy atom. The minimum absolute atomic E-state index is 0.124. The summed E-state index contributed by atoms with van der Waals surface area (Å²) in [5.74, 6) is -2.60. The van der Waals surface area contributed by atoms with Gasteiger partial charge in [-0.1, -0.05) is 51.9 Å². The number of likely N-dealkylation sites (N-methyl/N-ethyl adjacent to an activating group) is 1. The predicted octanol–water partition coefficient (Wildman–Crippen LogP) is -1.33. The summed E-state index contributed by atoms with van der Waals surface area (Å²) >= 11 is -2.39. The lowest BCUT2D eigenvalue weighted by Gasteiger charge is -2.36. The Kier molecular flexibility index (Phi) is 14.7. The highest BCUT2D eigenvalue weighted by atomic mass is 32.2. The number of carbonyl (C=O) groups excluding carboxylic acids is 5. The molecule has 0 radical (unpaired) electrons. The summed E-state index contributed by atoms with van der Waals surface area (Å²) in [6.45, 7) is 16.3. The molecule has 0 aromatic heterocycles. The second kappa shape index (κ2) is 16.7. The highest BCUT2D eigenvalue weighted by molar-refractivity contribution is 7.76. The third-order valence-electron chi connectivity index (χ3n) is 7.01. The fraction of sp³-hybridized carbons (Fsp3) is 0.741. The molecule has 0 aromatic rings. The third-order valence-corrected chi connectivity index (χ3v) is 7.80. The summed E-state index contributed by atoms with van der Waals surface area (Å²) in [5.41, 5.74) is -1.01. The smallest absolute Gasteiger partial charge is 0.315 e. The zero-order valence-electron chi connectivity index (χ0n) is 26.0. The molecule has 42 heavy (non-hydrogen) atoms. The normalized spacial score (nSPS) is 17.6. The summed E-state index contributed by atoms with van der Waals surface area (Å²) in [6, 6.07) is -2.59. The summed E-state index contributed by atoms with van der Waals surface area (Å²) in [7, 11) is 1.56. The number of carbonyl (C=O) groups is 5. The molecule has 0 aromatic carbocycles. The first-order valence-electron chi connectivity index (χ1n) is 14.2. The van der Waals surface area contributed by atoms with Gasteiger partial charge in [-0.2, -0.15) is 4.55 Å². The average molecular weight is 618 g/mol. The fourth-order valence-electron chi connectivity index (χ4n) is 4.35. The molecular formula is C27H51N7O7S+2. The number of nitrogens with zero attached hydrogens (tertiary/aromatic N) is 2. The molecule has 0 bridgehead atoms. The Morgan fingerprint density at radius 1 is 1.10 bits per heavy atom. The van der Waals surface area contributed by atoms with Gasteiger partial charge in [0.05, 0.1) is 32.2 Å². The largest absolute Gasteiger partial charge is 0.347 e. The van der Waals surface area contributed by atoms with Crippen LogP contribution in [0.15, 0.2) is 12.7 Å². The molecule has 1 saturated heterocycles. The van der Waals surface area contributed by atoms with Crippen LogP contribution >= 0.6 is 0 Å². The number of nitrogens with one attached hydrogen (secondary N) is 4. The molecule has 0 aliphatic carbocycles. The molecule has 0 spiro atoms. The van der Waals surface area contributed by atoms with Crippen LogP contribution in [0.5, 0.6) is 0 Å². The first kappa shape index (κ1) is 37.1. The van der Waals surface area contributed by atoms with E-state index < -0.39 is 64.8 Å². The van der Waals surface area contributed by atoms with Crippen LogP contribution in [0.2, 0.25) is 0 Å². The summed E-state index contributed by atoms with van der Waals surface area (Å²) in [5, 5.41) is 12.6. The third kappa shape index (κ3) is 12.2. The van der Waals surface area contributed by atoms with E-state index in [0.717, 1.165) is 0 Å². The van der Waals surface area contributed by atoms with E-state index in [1.807, 2.05) is 46.9 Å². The molecule has 1 aliphatic rings. The second-order valence-corrected chi connectivity index (χ2v) is 13.8. The number of rotatable bonds is 15. The van der Waals surface area contributed by atoms with Crippen LogP contribution in [-0.4, -0.2) is 108 Å². The van der Waals surface area contributed by atoms with Gasteiger partial charge in [0.2, 0.25) is 17.6 Å². The van der Waals surface area contributed by atoms with E-state index in [9.17, 15) is 28.2 Å². The first-order valence-corrected chi connectivity index (χ1v) is 15.3. The molecule has 0 saturated carbocycles. The van der Waals surface area contributed by atoms with Crippen molar-refractivity contribution in [3.63, 3.8) is 0 Å². The molecule has 7 N–H and O–H groups in total. The zero-order valence-corrected chi connectivity index (χ0v) is 26.9. The van der Waals surface area contributed by atoms with Gasteiger partial charge in [0.15, 0.2) is 0 Å². The van der Waals surface area contributed by atoms with Gasteiger partial charge in [-0.25, -0.2) is 4.79 Å². The number of thiol groups is 1. The average Bonchev–Trinajstić information content (AvgIpc) is 3.38. The van der Waals surface area contributed by atoms with Gasteiger partial charge in [-0.15, -0.1) is 6.58 Å². The van der Waals surface area contributed by atoms with E-state index >= 15 is 0 Å². The van der Waals surface area contributed by atoms with Crippen LogP contribution < -0.4 is 26.6 Å². The Balaban J connectivity index is 2.88. The molecule has 1 unspecified atom stereocenters. The number of quaternary nitrogens is 1. The van der Waals surface area contributed by atoms with Crippen molar-refractivity contribution < 1.29 is 38.1 Å². The number of nitrogens with two attached hydrogens (primary N) is 1. The summed E-state index contributed by atoms with van der Waals surface area (Å²) < 4.78 is 21.6. The van der Waals surface area contributed by atoms with Crippen molar-refractivity contribution in [2.75, 3.05) is 46.3 Å².